The van der Waals surface area contributed by atoms with Crippen LogP contribution in [0.15, 0.2) is 46.9 Å². The summed E-state index contributed by atoms with van der Waals surface area (Å²) in [7, 11) is 1.58. The summed E-state index contributed by atoms with van der Waals surface area (Å²) in [6.07, 6.45) is 0. The number of hydrogen-bond donors (Lipinski definition) is 2. The molecule has 5 nitrogen and oxygen atoms in total. The second-order valence-electron chi connectivity index (χ2n) is 5.92. The molecule has 1 amide bonds. The number of amides is 1. The van der Waals surface area contributed by atoms with Crippen LogP contribution in [0, 0.1) is 0 Å². The minimum atomic E-state index is -0.283. The zero-order valence-corrected chi connectivity index (χ0v) is 18.1. The maximum atomic E-state index is 12.3. The Bertz CT molecular complexity index is 792. The van der Waals surface area contributed by atoms with Crippen molar-refractivity contribution in [3.63, 3.8) is 0 Å². The van der Waals surface area contributed by atoms with Crippen molar-refractivity contribution in [2.24, 2.45) is 0 Å². The molecule has 2 N–H and O–H groups in total. The standard InChI is InChI=1S/C20H24BrN3O2S/c1-4-24(5-2)13-14-6-9-16(10-7-14)22-20(27)23-19(25)15-8-11-18(26-3)17(21)12-15/h6-12H,4-5,13H2,1-3H3,(H2,22,23,25,27). The summed E-state index contributed by atoms with van der Waals surface area (Å²) in [6, 6.07) is 13.1. The first-order valence-electron chi connectivity index (χ1n) is 8.74. The first kappa shape index (κ1) is 21.3. The second kappa shape index (κ2) is 10.4. The Hall–Kier alpha value is -1.96. The molecule has 2 rings (SSSR count). The van der Waals surface area contributed by atoms with Crippen LogP contribution >= 0.6 is 28.1 Å². The highest BCUT2D eigenvalue weighted by atomic mass is 79.9. The van der Waals surface area contributed by atoms with Gasteiger partial charge in [0.1, 0.15) is 5.75 Å². The summed E-state index contributed by atoms with van der Waals surface area (Å²) in [6.45, 7) is 7.27. The van der Waals surface area contributed by atoms with Gasteiger partial charge in [-0.05, 0) is 77.1 Å². The van der Waals surface area contributed by atoms with Gasteiger partial charge in [-0.3, -0.25) is 15.0 Å². The Labute approximate surface area is 174 Å². The molecule has 0 atom stereocenters. The largest absolute Gasteiger partial charge is 0.496 e. The molecule has 7 heteroatoms. The fraction of sp³-hybridized carbons (Fsp3) is 0.300. The predicted octanol–water partition coefficient (Wildman–Crippen LogP) is 4.43. The number of carbonyl (C=O) groups excluding carboxylic acids is 1. The molecule has 0 aliphatic heterocycles. The third kappa shape index (κ3) is 6.30. The average molecular weight is 450 g/mol. The Balaban J connectivity index is 1.93. The Kier molecular flexibility index (Phi) is 8.22. The highest BCUT2D eigenvalue weighted by Crippen LogP contribution is 2.25. The first-order valence-corrected chi connectivity index (χ1v) is 9.94. The van der Waals surface area contributed by atoms with E-state index in [4.69, 9.17) is 17.0 Å². The molecule has 0 bridgehead atoms. The highest BCUT2D eigenvalue weighted by Gasteiger charge is 2.11. The monoisotopic (exact) mass is 449 g/mol. The van der Waals surface area contributed by atoms with Gasteiger partial charge in [0, 0.05) is 17.8 Å². The second-order valence-corrected chi connectivity index (χ2v) is 7.18. The topological polar surface area (TPSA) is 53.6 Å². The van der Waals surface area contributed by atoms with E-state index in [9.17, 15) is 4.79 Å². The number of halogens is 1. The number of benzene rings is 2. The molecule has 0 aromatic heterocycles. The minimum Gasteiger partial charge on any atom is -0.496 e. The van der Waals surface area contributed by atoms with Crippen LogP contribution in [0.4, 0.5) is 5.69 Å². The van der Waals surface area contributed by atoms with Crippen LogP contribution < -0.4 is 15.4 Å². The van der Waals surface area contributed by atoms with Crippen LogP contribution in [0.2, 0.25) is 0 Å². The molecule has 2 aromatic carbocycles. The van der Waals surface area contributed by atoms with Crippen molar-refractivity contribution in [3.05, 3.63) is 58.1 Å². The summed E-state index contributed by atoms with van der Waals surface area (Å²) in [5.41, 5.74) is 2.56. The molecule has 0 radical (unpaired) electrons. The maximum absolute atomic E-state index is 12.3. The molecule has 144 valence electrons. The van der Waals surface area contributed by atoms with E-state index in [2.05, 4.69) is 57.4 Å². The van der Waals surface area contributed by atoms with Gasteiger partial charge in [0.15, 0.2) is 5.11 Å². The number of nitrogens with zero attached hydrogens (tertiary/aromatic N) is 1. The number of hydrogen-bond acceptors (Lipinski definition) is 4. The normalized spacial score (nSPS) is 10.6. The number of carbonyl (C=O) groups is 1. The zero-order valence-electron chi connectivity index (χ0n) is 15.7. The SMILES string of the molecule is CCN(CC)Cc1ccc(NC(=S)NC(=O)c2ccc(OC)c(Br)c2)cc1. The van der Waals surface area contributed by atoms with Gasteiger partial charge in [-0.1, -0.05) is 26.0 Å². The van der Waals surface area contributed by atoms with Crippen molar-refractivity contribution in [1.82, 2.24) is 10.2 Å². The van der Waals surface area contributed by atoms with Gasteiger partial charge in [0.25, 0.3) is 5.91 Å². The van der Waals surface area contributed by atoms with E-state index < -0.39 is 0 Å². The lowest BCUT2D eigenvalue weighted by molar-refractivity contribution is 0.0977. The van der Waals surface area contributed by atoms with Crippen molar-refractivity contribution in [2.75, 3.05) is 25.5 Å². The lowest BCUT2D eigenvalue weighted by atomic mass is 10.2. The van der Waals surface area contributed by atoms with Gasteiger partial charge < -0.3 is 10.1 Å². The first-order chi connectivity index (χ1) is 13.0. The molecule has 0 unspecified atom stereocenters. The number of rotatable bonds is 7. The van der Waals surface area contributed by atoms with Gasteiger partial charge in [-0.2, -0.15) is 0 Å². The number of ether oxygens (including phenoxy) is 1. The molecule has 0 aliphatic rings. The molecule has 0 fully saturated rings. The van der Waals surface area contributed by atoms with Gasteiger partial charge in [-0.15, -0.1) is 0 Å². The summed E-state index contributed by atoms with van der Waals surface area (Å²) < 4.78 is 5.88. The highest BCUT2D eigenvalue weighted by molar-refractivity contribution is 9.10. The molecular weight excluding hydrogens is 426 g/mol. The number of anilines is 1. The van der Waals surface area contributed by atoms with Gasteiger partial charge in [0.2, 0.25) is 0 Å². The predicted molar refractivity (Wildman–Crippen MR) is 117 cm³/mol. The molecule has 2 aromatic rings. The third-order valence-corrected chi connectivity index (χ3v) is 4.98. The summed E-state index contributed by atoms with van der Waals surface area (Å²) in [5.74, 6) is 0.381. The number of methoxy groups -OCH3 is 1. The Morgan fingerprint density at radius 1 is 1.15 bits per heavy atom. The van der Waals surface area contributed by atoms with Crippen molar-refractivity contribution in [1.29, 1.82) is 0 Å². The van der Waals surface area contributed by atoms with Crippen molar-refractivity contribution >= 4 is 44.9 Å². The van der Waals surface area contributed by atoms with Crippen LogP contribution in [0.5, 0.6) is 5.75 Å². The molecular formula is C20H24BrN3O2S. The molecule has 0 heterocycles. The Morgan fingerprint density at radius 3 is 2.37 bits per heavy atom. The van der Waals surface area contributed by atoms with E-state index in [0.29, 0.717) is 15.8 Å². The van der Waals surface area contributed by atoms with Gasteiger partial charge in [-0.25, -0.2) is 0 Å². The van der Waals surface area contributed by atoms with E-state index in [1.165, 1.54) is 5.56 Å². The Morgan fingerprint density at radius 2 is 1.81 bits per heavy atom. The number of thiocarbonyl (C=S) groups is 1. The zero-order chi connectivity index (χ0) is 19.8. The van der Waals surface area contributed by atoms with E-state index in [1.807, 2.05) is 12.1 Å². The lowest BCUT2D eigenvalue weighted by Crippen LogP contribution is -2.34. The van der Waals surface area contributed by atoms with Crippen LogP contribution in [-0.4, -0.2) is 36.1 Å². The van der Waals surface area contributed by atoms with Crippen LogP contribution in [0.25, 0.3) is 0 Å². The van der Waals surface area contributed by atoms with E-state index in [0.717, 1.165) is 25.3 Å². The van der Waals surface area contributed by atoms with Crippen molar-refractivity contribution < 1.29 is 9.53 Å². The lowest BCUT2D eigenvalue weighted by Gasteiger charge is -2.18. The van der Waals surface area contributed by atoms with E-state index >= 15 is 0 Å². The van der Waals surface area contributed by atoms with E-state index in [1.54, 1.807) is 25.3 Å². The third-order valence-electron chi connectivity index (χ3n) is 4.15. The van der Waals surface area contributed by atoms with Gasteiger partial charge >= 0.3 is 0 Å². The molecule has 0 spiro atoms. The summed E-state index contributed by atoms with van der Waals surface area (Å²) in [4.78, 5) is 14.7. The molecule has 0 saturated carbocycles. The van der Waals surface area contributed by atoms with Crippen molar-refractivity contribution in [3.8, 4) is 5.75 Å². The maximum Gasteiger partial charge on any atom is 0.257 e. The summed E-state index contributed by atoms with van der Waals surface area (Å²) in [5, 5.41) is 5.98. The smallest absolute Gasteiger partial charge is 0.257 e. The van der Waals surface area contributed by atoms with Gasteiger partial charge in [0.05, 0.1) is 11.6 Å². The fourth-order valence-corrected chi connectivity index (χ4v) is 3.30. The van der Waals surface area contributed by atoms with Crippen molar-refractivity contribution in [2.45, 2.75) is 20.4 Å². The quantitative estimate of drug-likeness (QED) is 0.612. The summed E-state index contributed by atoms with van der Waals surface area (Å²) >= 11 is 8.62. The minimum absolute atomic E-state index is 0.253. The number of nitrogens with one attached hydrogen (secondary N) is 2. The van der Waals surface area contributed by atoms with Crippen LogP contribution in [0.3, 0.4) is 0 Å². The molecule has 0 aliphatic carbocycles. The fourth-order valence-electron chi connectivity index (χ4n) is 2.54. The molecule has 27 heavy (non-hydrogen) atoms. The average Bonchev–Trinajstić information content (AvgIpc) is 2.67. The van der Waals surface area contributed by atoms with Crippen LogP contribution in [0.1, 0.15) is 29.8 Å². The molecule has 0 saturated heterocycles. The van der Waals surface area contributed by atoms with E-state index in [-0.39, 0.29) is 11.0 Å². The van der Waals surface area contributed by atoms with Crippen LogP contribution in [-0.2, 0) is 6.54 Å².